The van der Waals surface area contributed by atoms with Gasteiger partial charge in [0.05, 0.1) is 11.9 Å². The van der Waals surface area contributed by atoms with Gasteiger partial charge in [-0.15, -0.1) is 0 Å². The maximum absolute atomic E-state index is 12.0. The van der Waals surface area contributed by atoms with Gasteiger partial charge in [-0.2, -0.15) is 13.2 Å². The van der Waals surface area contributed by atoms with Gasteiger partial charge in [0.25, 0.3) is 0 Å². The zero-order valence-electron chi connectivity index (χ0n) is 6.58. The first-order valence-corrected chi connectivity index (χ1v) is 4.97. The summed E-state index contributed by atoms with van der Waals surface area (Å²) in [5.74, 6) is -0.243. The number of hydrogen-bond donors (Lipinski definition) is 1. The van der Waals surface area contributed by atoms with E-state index in [1.807, 2.05) is 0 Å². The summed E-state index contributed by atoms with van der Waals surface area (Å²) in [6.45, 7) is 0. The second-order valence-corrected chi connectivity index (χ2v) is 3.83. The van der Waals surface area contributed by atoms with E-state index < -0.39 is 29.5 Å². The van der Waals surface area contributed by atoms with Crippen LogP contribution in [0.4, 0.5) is 13.2 Å². The summed E-state index contributed by atoms with van der Waals surface area (Å²) in [5, 5.41) is 0. The van der Waals surface area contributed by atoms with E-state index in [0.717, 1.165) is 0 Å². The molecule has 0 aromatic heterocycles. The quantitative estimate of drug-likeness (QED) is 0.711. The van der Waals surface area contributed by atoms with Crippen LogP contribution in [0, 0.1) is 0 Å². The van der Waals surface area contributed by atoms with E-state index in [4.69, 9.17) is 4.55 Å². The maximum atomic E-state index is 12.0. The third-order valence-electron chi connectivity index (χ3n) is 1.80. The van der Waals surface area contributed by atoms with Crippen LogP contribution in [0.15, 0.2) is 0 Å². The molecule has 1 aliphatic rings. The number of rotatable bonds is 2. The van der Waals surface area contributed by atoms with E-state index in [1.165, 1.54) is 0 Å². The van der Waals surface area contributed by atoms with Gasteiger partial charge in [0.2, 0.25) is 0 Å². The Labute approximate surface area is 75.5 Å². The lowest BCUT2D eigenvalue weighted by atomic mass is 10.2. The molecule has 1 rings (SSSR count). The van der Waals surface area contributed by atoms with Crippen LogP contribution in [0.2, 0.25) is 0 Å². The van der Waals surface area contributed by atoms with Crippen LogP contribution in [0.25, 0.3) is 0 Å². The second-order valence-electron chi connectivity index (χ2n) is 2.85. The van der Waals surface area contributed by atoms with Gasteiger partial charge in [0.1, 0.15) is 0 Å². The molecule has 3 unspecified atom stereocenters. The second kappa shape index (κ2) is 3.93. The minimum Gasteiger partial charge on any atom is -0.365 e. The monoisotopic (exact) mass is 218 g/mol. The number of halogens is 3. The van der Waals surface area contributed by atoms with Crippen molar-refractivity contribution in [2.24, 2.45) is 0 Å². The fraction of sp³-hybridized carbons (Fsp3) is 1.00. The van der Waals surface area contributed by atoms with Crippen molar-refractivity contribution in [2.75, 3.05) is 5.75 Å². The van der Waals surface area contributed by atoms with Crippen molar-refractivity contribution >= 4 is 11.1 Å². The molecule has 3 atom stereocenters. The zero-order valence-corrected chi connectivity index (χ0v) is 7.40. The van der Waals surface area contributed by atoms with Crippen molar-refractivity contribution in [2.45, 2.75) is 31.2 Å². The van der Waals surface area contributed by atoms with Crippen molar-refractivity contribution in [1.29, 1.82) is 0 Å². The van der Waals surface area contributed by atoms with E-state index in [9.17, 15) is 17.4 Å². The van der Waals surface area contributed by atoms with Gasteiger partial charge in [-0.05, 0) is 12.8 Å². The number of alkyl halides is 3. The minimum absolute atomic E-state index is 0.120. The first-order chi connectivity index (χ1) is 5.89. The molecule has 3 nitrogen and oxygen atoms in total. The van der Waals surface area contributed by atoms with E-state index in [-0.39, 0.29) is 18.6 Å². The Kier molecular flexibility index (Phi) is 3.31. The Bertz CT molecular complexity index is 206. The molecule has 0 radical (unpaired) electrons. The Hall–Kier alpha value is -0.140. The van der Waals surface area contributed by atoms with Crippen molar-refractivity contribution in [3.63, 3.8) is 0 Å². The van der Waals surface area contributed by atoms with Crippen molar-refractivity contribution < 1.29 is 26.7 Å². The Morgan fingerprint density at radius 2 is 2.08 bits per heavy atom. The maximum Gasteiger partial charge on any atom is 0.414 e. The molecule has 0 bridgehead atoms. The zero-order chi connectivity index (χ0) is 10.1. The lowest BCUT2D eigenvalue weighted by molar-refractivity contribution is -0.213. The average Bonchev–Trinajstić information content (AvgIpc) is 2.32. The summed E-state index contributed by atoms with van der Waals surface area (Å²) in [6, 6.07) is 0. The largest absolute Gasteiger partial charge is 0.414 e. The van der Waals surface area contributed by atoms with Gasteiger partial charge in [0, 0.05) is 0 Å². The molecule has 13 heavy (non-hydrogen) atoms. The van der Waals surface area contributed by atoms with Crippen LogP contribution in [0.1, 0.15) is 12.8 Å². The molecule has 0 aliphatic carbocycles. The van der Waals surface area contributed by atoms with Crippen molar-refractivity contribution in [3.05, 3.63) is 0 Å². The molecule has 0 amide bonds. The van der Waals surface area contributed by atoms with Crippen LogP contribution >= 0.6 is 0 Å². The summed E-state index contributed by atoms with van der Waals surface area (Å²) >= 11 is -2.09. The van der Waals surface area contributed by atoms with Crippen LogP contribution in [0.3, 0.4) is 0 Å². The summed E-state index contributed by atoms with van der Waals surface area (Å²) in [5.41, 5.74) is 0. The Morgan fingerprint density at radius 3 is 2.46 bits per heavy atom. The Balaban J connectivity index is 2.41. The van der Waals surface area contributed by atoms with E-state index in [1.54, 1.807) is 0 Å². The van der Waals surface area contributed by atoms with Gasteiger partial charge >= 0.3 is 6.18 Å². The first kappa shape index (κ1) is 10.9. The van der Waals surface area contributed by atoms with Crippen LogP contribution < -0.4 is 0 Å². The lowest BCUT2D eigenvalue weighted by Gasteiger charge is -2.15. The molecule has 7 heteroatoms. The summed E-state index contributed by atoms with van der Waals surface area (Å²) in [7, 11) is 0. The normalized spacial score (nSPS) is 32.0. The molecular formula is C6H9F3O3S. The lowest BCUT2D eigenvalue weighted by Crippen LogP contribution is -2.29. The molecule has 0 spiro atoms. The Morgan fingerprint density at radius 1 is 1.46 bits per heavy atom. The third-order valence-corrected chi connectivity index (χ3v) is 2.46. The van der Waals surface area contributed by atoms with Crippen LogP contribution in [-0.4, -0.2) is 32.9 Å². The molecule has 1 aliphatic heterocycles. The third kappa shape index (κ3) is 3.24. The summed E-state index contributed by atoms with van der Waals surface area (Å²) < 4.78 is 59.3. The first-order valence-electron chi connectivity index (χ1n) is 3.69. The molecule has 1 fully saturated rings. The standard InChI is InChI=1S/C6H9F3O3S/c7-6(8,9)5-2-1-4(12-5)3-13(10)11/h4-5H,1-3H2,(H,10,11). The fourth-order valence-corrected chi connectivity index (χ4v) is 1.79. The molecule has 0 saturated carbocycles. The van der Waals surface area contributed by atoms with E-state index >= 15 is 0 Å². The van der Waals surface area contributed by atoms with E-state index in [2.05, 4.69) is 4.74 Å². The van der Waals surface area contributed by atoms with Crippen LogP contribution in [-0.2, 0) is 15.8 Å². The average molecular weight is 218 g/mol. The predicted octanol–water partition coefficient (Wildman–Crippen LogP) is 1.32. The molecule has 78 valence electrons. The molecule has 1 N–H and O–H groups in total. The van der Waals surface area contributed by atoms with Gasteiger partial charge < -0.3 is 9.29 Å². The van der Waals surface area contributed by atoms with Gasteiger partial charge in [0.15, 0.2) is 17.2 Å². The highest BCUT2D eigenvalue weighted by Gasteiger charge is 2.45. The summed E-state index contributed by atoms with van der Waals surface area (Å²) in [4.78, 5) is 0. The highest BCUT2D eigenvalue weighted by Crippen LogP contribution is 2.33. The smallest absolute Gasteiger partial charge is 0.365 e. The van der Waals surface area contributed by atoms with Crippen LogP contribution in [0.5, 0.6) is 0 Å². The molecule has 0 aromatic carbocycles. The SMILES string of the molecule is O=S(O)CC1CCC(C(F)(F)F)O1. The van der Waals surface area contributed by atoms with E-state index in [0.29, 0.717) is 0 Å². The molecule has 0 aromatic rings. The topological polar surface area (TPSA) is 46.5 Å². The highest BCUT2D eigenvalue weighted by molar-refractivity contribution is 7.79. The minimum atomic E-state index is -4.36. The fourth-order valence-electron chi connectivity index (χ4n) is 1.23. The van der Waals surface area contributed by atoms with Gasteiger partial charge in [-0.3, -0.25) is 0 Å². The number of ether oxygens (including phenoxy) is 1. The predicted molar refractivity (Wildman–Crippen MR) is 39.6 cm³/mol. The van der Waals surface area contributed by atoms with Gasteiger partial charge in [-0.1, -0.05) is 0 Å². The van der Waals surface area contributed by atoms with Crippen molar-refractivity contribution in [1.82, 2.24) is 0 Å². The molecule has 1 heterocycles. The van der Waals surface area contributed by atoms with Crippen molar-refractivity contribution in [3.8, 4) is 0 Å². The molecular weight excluding hydrogens is 209 g/mol. The summed E-state index contributed by atoms with van der Waals surface area (Å²) in [6.07, 6.45) is -6.79. The highest BCUT2D eigenvalue weighted by atomic mass is 32.2. The molecule has 1 saturated heterocycles. The number of hydrogen-bond acceptors (Lipinski definition) is 2. The van der Waals surface area contributed by atoms with Gasteiger partial charge in [-0.25, -0.2) is 4.21 Å².